The van der Waals surface area contributed by atoms with Gasteiger partial charge in [0.1, 0.15) is 11.8 Å². The second-order valence-corrected chi connectivity index (χ2v) is 10.9. The Bertz CT molecular complexity index is 1430. The number of rotatable bonds is 6. The van der Waals surface area contributed by atoms with E-state index in [9.17, 15) is 4.79 Å². The number of hydrogen-bond donors (Lipinski definition) is 1. The van der Waals surface area contributed by atoms with E-state index in [-0.39, 0.29) is 12.1 Å². The van der Waals surface area contributed by atoms with Crippen LogP contribution < -0.4 is 4.74 Å². The molecule has 0 unspecified atom stereocenters. The number of hydrogen-bond acceptors (Lipinski definition) is 7. The molecule has 1 saturated heterocycles. The van der Waals surface area contributed by atoms with Crippen LogP contribution in [0.4, 0.5) is 4.79 Å². The molecule has 10 heteroatoms. The van der Waals surface area contributed by atoms with Gasteiger partial charge < -0.3 is 19.2 Å². The highest BCUT2D eigenvalue weighted by atomic mass is 35.5. The third-order valence-electron chi connectivity index (χ3n) is 7.01. The van der Waals surface area contributed by atoms with Crippen LogP contribution in [-0.2, 0) is 22.4 Å². The zero-order chi connectivity index (χ0) is 26.1. The van der Waals surface area contributed by atoms with Crippen molar-refractivity contribution < 1.29 is 19.0 Å². The quantitative estimate of drug-likeness (QED) is 0.316. The summed E-state index contributed by atoms with van der Waals surface area (Å²) in [5, 5.41) is 2.40. The highest BCUT2D eigenvalue weighted by molar-refractivity contribution is 7.13. The van der Waals surface area contributed by atoms with Crippen molar-refractivity contribution in [2.24, 2.45) is 0 Å². The van der Waals surface area contributed by atoms with Gasteiger partial charge in [-0.15, -0.1) is 0 Å². The van der Waals surface area contributed by atoms with Gasteiger partial charge in [0.2, 0.25) is 0 Å². The molecular weight excluding hydrogens is 524 g/mol. The highest BCUT2D eigenvalue weighted by Crippen LogP contribution is 2.40. The molecule has 1 fully saturated rings. The van der Waals surface area contributed by atoms with E-state index in [1.54, 1.807) is 16.2 Å². The predicted octanol–water partition coefficient (Wildman–Crippen LogP) is 6.01. The Hall–Kier alpha value is -3.11. The van der Waals surface area contributed by atoms with Crippen molar-refractivity contribution in [2.75, 3.05) is 39.5 Å². The number of ether oxygens (including phenoxy) is 3. The number of aromatic amines is 1. The number of H-pyrrole nitrogens is 1. The maximum Gasteiger partial charge on any atom is 0.410 e. The van der Waals surface area contributed by atoms with E-state index in [4.69, 9.17) is 25.8 Å². The van der Waals surface area contributed by atoms with E-state index < -0.39 is 0 Å². The zero-order valence-corrected chi connectivity index (χ0v) is 22.7. The summed E-state index contributed by atoms with van der Waals surface area (Å²) >= 11 is 7.86. The molecule has 0 bridgehead atoms. The number of amides is 1. The number of benzene rings is 2. The van der Waals surface area contributed by atoms with Crippen molar-refractivity contribution in [3.05, 3.63) is 75.4 Å². The summed E-state index contributed by atoms with van der Waals surface area (Å²) in [5.41, 5.74) is 4.15. The van der Waals surface area contributed by atoms with Crippen LogP contribution in [0.25, 0.3) is 10.9 Å². The monoisotopic (exact) mass is 552 g/mol. The van der Waals surface area contributed by atoms with Crippen molar-refractivity contribution in [1.29, 1.82) is 0 Å². The summed E-state index contributed by atoms with van der Waals surface area (Å²) < 4.78 is 16.9. The lowest BCUT2D eigenvalue weighted by Crippen LogP contribution is -2.40. The molecule has 1 amide bonds. The minimum Gasteiger partial charge on any atom is -0.450 e. The van der Waals surface area contributed by atoms with Gasteiger partial charge in [0.15, 0.2) is 0 Å². The minimum absolute atomic E-state index is 0.307. The molecule has 38 heavy (non-hydrogen) atoms. The van der Waals surface area contributed by atoms with Crippen LogP contribution in [0.15, 0.2) is 48.7 Å². The molecule has 2 aromatic carbocycles. The van der Waals surface area contributed by atoms with Gasteiger partial charge in [-0.3, -0.25) is 9.80 Å². The van der Waals surface area contributed by atoms with E-state index in [1.165, 1.54) is 5.56 Å². The third kappa shape index (κ3) is 5.11. The second kappa shape index (κ2) is 10.9. The molecule has 0 spiro atoms. The number of nitrogens with one attached hydrogen (secondary N) is 1. The number of carbonyl (C=O) groups is 1. The lowest BCUT2D eigenvalue weighted by atomic mass is 9.92. The summed E-state index contributed by atoms with van der Waals surface area (Å²) in [5.74, 6) is 0.697. The molecule has 0 aliphatic carbocycles. The lowest BCUT2D eigenvalue weighted by Gasteiger charge is -2.35. The van der Waals surface area contributed by atoms with Crippen LogP contribution in [0.1, 0.15) is 34.7 Å². The number of thiazole rings is 1. The van der Waals surface area contributed by atoms with Crippen molar-refractivity contribution in [3.63, 3.8) is 0 Å². The molecule has 4 heterocycles. The molecule has 2 aliphatic rings. The zero-order valence-electron chi connectivity index (χ0n) is 21.1. The van der Waals surface area contributed by atoms with Crippen LogP contribution in [0.2, 0.25) is 5.02 Å². The van der Waals surface area contributed by atoms with Crippen molar-refractivity contribution in [1.82, 2.24) is 19.8 Å². The van der Waals surface area contributed by atoms with E-state index >= 15 is 0 Å². The smallest absolute Gasteiger partial charge is 0.410 e. The van der Waals surface area contributed by atoms with Crippen LogP contribution in [0.5, 0.6) is 10.9 Å². The van der Waals surface area contributed by atoms with Gasteiger partial charge in [0.25, 0.3) is 5.19 Å². The highest BCUT2D eigenvalue weighted by Gasteiger charge is 2.35. The van der Waals surface area contributed by atoms with Gasteiger partial charge in [-0.1, -0.05) is 35.1 Å². The number of morpholine rings is 1. The van der Waals surface area contributed by atoms with E-state index in [0.29, 0.717) is 29.1 Å². The van der Waals surface area contributed by atoms with E-state index in [0.717, 1.165) is 66.3 Å². The topological polar surface area (TPSA) is 79.9 Å². The van der Waals surface area contributed by atoms with Crippen molar-refractivity contribution in [3.8, 4) is 10.9 Å². The molecule has 1 atom stereocenters. The first kappa shape index (κ1) is 25.2. The molecule has 198 valence electrons. The summed E-state index contributed by atoms with van der Waals surface area (Å²) in [6.45, 7) is 6.98. The largest absolute Gasteiger partial charge is 0.450 e. The molecule has 0 radical (unpaired) electrons. The average molecular weight is 553 g/mol. The SMILES string of the molecule is CCOC(=O)N1CCc2c([nH]c3ccc(Cl)cc23)[C@@H]1c1ccc(Oc2ncc(CN3CCOCC3)s2)cc1. The summed E-state index contributed by atoms with van der Waals surface area (Å²) in [7, 11) is 0. The van der Waals surface area contributed by atoms with Crippen LogP contribution >= 0.6 is 22.9 Å². The molecule has 8 nitrogen and oxygen atoms in total. The fraction of sp³-hybridized carbons (Fsp3) is 0.357. The fourth-order valence-corrected chi connectivity index (χ4v) is 6.21. The second-order valence-electron chi connectivity index (χ2n) is 9.40. The Morgan fingerprint density at radius 3 is 2.79 bits per heavy atom. The molecule has 2 aromatic heterocycles. The Labute approximate surface area is 230 Å². The first-order valence-corrected chi connectivity index (χ1v) is 14.0. The molecule has 6 rings (SSSR count). The van der Waals surface area contributed by atoms with Gasteiger partial charge in [0.05, 0.1) is 19.8 Å². The Balaban J connectivity index is 1.24. The molecule has 1 N–H and O–H groups in total. The predicted molar refractivity (Wildman–Crippen MR) is 147 cm³/mol. The van der Waals surface area contributed by atoms with Gasteiger partial charge >= 0.3 is 6.09 Å². The number of fused-ring (bicyclic) bond motifs is 3. The average Bonchev–Trinajstić information content (AvgIpc) is 3.53. The summed E-state index contributed by atoms with van der Waals surface area (Å²) in [6.07, 6.45) is 2.28. The van der Waals surface area contributed by atoms with Crippen LogP contribution in [-0.4, -0.2) is 65.3 Å². The van der Waals surface area contributed by atoms with Crippen molar-refractivity contribution >= 4 is 39.9 Å². The lowest BCUT2D eigenvalue weighted by molar-refractivity contribution is 0.0346. The third-order valence-corrected chi connectivity index (χ3v) is 8.10. The van der Waals surface area contributed by atoms with Gasteiger partial charge in [0, 0.05) is 58.9 Å². The van der Waals surface area contributed by atoms with Crippen LogP contribution in [0, 0.1) is 0 Å². The molecule has 2 aliphatic heterocycles. The number of aromatic nitrogens is 2. The number of halogens is 1. The molecule has 4 aromatic rings. The summed E-state index contributed by atoms with van der Waals surface area (Å²) in [6, 6.07) is 13.4. The van der Waals surface area contributed by atoms with Gasteiger partial charge in [-0.25, -0.2) is 9.78 Å². The van der Waals surface area contributed by atoms with Gasteiger partial charge in [-0.05, 0) is 54.8 Å². The summed E-state index contributed by atoms with van der Waals surface area (Å²) in [4.78, 5) is 26.3. The van der Waals surface area contributed by atoms with Gasteiger partial charge in [-0.2, -0.15) is 0 Å². The first-order chi connectivity index (χ1) is 18.6. The maximum absolute atomic E-state index is 12.9. The van der Waals surface area contributed by atoms with E-state index in [2.05, 4.69) is 14.9 Å². The molecule has 0 saturated carbocycles. The Kier molecular flexibility index (Phi) is 7.25. The normalized spacial score (nSPS) is 17.9. The minimum atomic E-state index is -0.323. The fourth-order valence-electron chi connectivity index (χ4n) is 5.22. The first-order valence-electron chi connectivity index (χ1n) is 12.8. The number of nitrogens with zero attached hydrogens (tertiary/aromatic N) is 3. The maximum atomic E-state index is 12.9. The van der Waals surface area contributed by atoms with Crippen molar-refractivity contribution in [2.45, 2.75) is 25.9 Å². The molecular formula is C28H29ClN4O4S. The Morgan fingerprint density at radius 2 is 2.00 bits per heavy atom. The van der Waals surface area contributed by atoms with E-state index in [1.807, 2.05) is 55.6 Å². The standard InChI is InChI=1S/C28H29ClN4O4S/c1-2-36-28(34)33-10-9-22-23-15-19(29)5-8-24(23)31-25(22)26(33)18-3-6-20(7-4-18)37-27-30-16-21(38-27)17-32-11-13-35-14-12-32/h3-8,15-16,26,31H,2,9-14,17H2,1H3/t26-/m0/s1. The van der Waals surface area contributed by atoms with Crippen LogP contribution in [0.3, 0.4) is 0 Å². The Morgan fingerprint density at radius 1 is 1.18 bits per heavy atom. The number of carbonyl (C=O) groups excluding carboxylic acids is 1.